The Morgan fingerprint density at radius 3 is 1.98 bits per heavy atom. The van der Waals surface area contributed by atoms with Crippen molar-refractivity contribution in [2.45, 2.75) is 75.5 Å². The predicted octanol–water partition coefficient (Wildman–Crippen LogP) is 6.90. The summed E-state index contributed by atoms with van der Waals surface area (Å²) in [7, 11) is 2.73. The van der Waals surface area contributed by atoms with E-state index in [0.717, 1.165) is 40.8 Å². The number of hydrogen-bond acceptors (Lipinski definition) is 10. The summed E-state index contributed by atoms with van der Waals surface area (Å²) in [5.74, 6) is 0.471. The second kappa shape index (κ2) is 18.4. The molecule has 18 heteroatoms. The Bertz CT molecular complexity index is 2510. The zero-order valence-corrected chi connectivity index (χ0v) is 35.9. The first kappa shape index (κ1) is 43.0. The van der Waals surface area contributed by atoms with Crippen molar-refractivity contribution in [1.82, 2.24) is 40.0 Å². The van der Waals surface area contributed by atoms with Gasteiger partial charge in [-0.2, -0.15) is 0 Å². The van der Waals surface area contributed by atoms with Gasteiger partial charge in [0.2, 0.25) is 11.8 Å². The molecule has 338 valence electrons. The van der Waals surface area contributed by atoms with Crippen LogP contribution in [-0.4, -0.2) is 130 Å². The summed E-state index contributed by atoms with van der Waals surface area (Å²) >= 11 is 0. The van der Waals surface area contributed by atoms with Gasteiger partial charge in [-0.05, 0) is 99.6 Å². The molecule has 9 rings (SSSR count). The highest BCUT2D eigenvalue weighted by Gasteiger charge is 2.43. The minimum Gasteiger partial charge on any atom is -0.465 e. The number of fused-ring (bicyclic) bond motifs is 1. The van der Waals surface area contributed by atoms with Gasteiger partial charge in [0.05, 0.1) is 48.5 Å². The summed E-state index contributed by atoms with van der Waals surface area (Å²) in [4.78, 5) is 73.1. The lowest BCUT2D eigenvalue weighted by molar-refractivity contribution is -0.140. The smallest absolute Gasteiger partial charge is 0.407 e. The van der Waals surface area contributed by atoms with Crippen molar-refractivity contribution in [2.24, 2.45) is 11.8 Å². The van der Waals surface area contributed by atoms with Gasteiger partial charge >= 0.3 is 12.2 Å². The number of methoxy groups -OCH3 is 1. The number of carbonyl (C=O) groups is 4. The highest BCUT2D eigenvalue weighted by molar-refractivity contribution is 5.88. The average molecular weight is 881 g/mol. The molecule has 17 nitrogen and oxygen atoms in total. The fraction of sp³-hybridized carbons (Fsp3) is 0.478. The van der Waals surface area contributed by atoms with E-state index in [4.69, 9.17) is 23.6 Å². The van der Waals surface area contributed by atoms with Crippen molar-refractivity contribution in [1.29, 1.82) is 0 Å². The molecule has 0 bridgehead atoms. The number of alkyl carbamates (subject to hydrolysis) is 1. The van der Waals surface area contributed by atoms with Gasteiger partial charge in [-0.15, -0.1) is 0 Å². The highest BCUT2D eigenvalue weighted by atomic mass is 19.1. The molecule has 0 aliphatic carbocycles. The molecule has 0 saturated carbocycles. The number of nitrogens with one attached hydrogen (secondary N) is 3. The number of aromatic nitrogens is 4. The van der Waals surface area contributed by atoms with Crippen LogP contribution < -0.4 is 5.32 Å². The molecule has 64 heavy (non-hydrogen) atoms. The van der Waals surface area contributed by atoms with Crippen molar-refractivity contribution in [3.05, 3.63) is 72.3 Å². The van der Waals surface area contributed by atoms with Crippen LogP contribution in [0.15, 0.2) is 59.3 Å². The molecule has 4 atom stereocenters. The Balaban J connectivity index is 0.891. The topological polar surface area (TPSA) is 208 Å². The number of furan rings is 1. The Kier molecular flexibility index (Phi) is 12.4. The fourth-order valence-electron chi connectivity index (χ4n) is 9.96. The van der Waals surface area contributed by atoms with E-state index >= 15 is 4.39 Å². The van der Waals surface area contributed by atoms with Crippen LogP contribution in [0.3, 0.4) is 0 Å². The minimum absolute atomic E-state index is 0.0666. The second-order valence-electron chi connectivity index (χ2n) is 17.2. The van der Waals surface area contributed by atoms with E-state index in [0.29, 0.717) is 106 Å². The molecule has 4 amide bonds. The quantitative estimate of drug-likeness (QED) is 0.107. The number of nitrogens with zero attached hydrogens (tertiary/aromatic N) is 5. The normalized spacial score (nSPS) is 20.7. The molecular weight excluding hydrogens is 828 g/mol. The van der Waals surface area contributed by atoms with Crippen LogP contribution in [0, 0.1) is 17.7 Å². The molecule has 5 aromatic rings. The number of amides is 4. The molecule has 0 radical (unpaired) electrons. The first-order chi connectivity index (χ1) is 31.1. The van der Waals surface area contributed by atoms with Crippen LogP contribution in [0.5, 0.6) is 0 Å². The van der Waals surface area contributed by atoms with E-state index in [1.54, 1.807) is 40.4 Å². The summed E-state index contributed by atoms with van der Waals surface area (Å²) in [5, 5.41) is 13.4. The zero-order valence-electron chi connectivity index (χ0n) is 35.9. The summed E-state index contributed by atoms with van der Waals surface area (Å²) in [6, 6.07) is 10.1. The van der Waals surface area contributed by atoms with Gasteiger partial charge in [0, 0.05) is 63.1 Å². The van der Waals surface area contributed by atoms with Crippen LogP contribution in [0.1, 0.15) is 75.1 Å². The van der Waals surface area contributed by atoms with Gasteiger partial charge in [0.25, 0.3) is 0 Å². The second-order valence-corrected chi connectivity index (χ2v) is 17.2. The molecule has 4 N–H and O–H groups in total. The zero-order chi connectivity index (χ0) is 44.5. The predicted molar refractivity (Wildman–Crippen MR) is 230 cm³/mol. The molecule has 4 fully saturated rings. The lowest BCUT2D eigenvalue weighted by Gasteiger charge is -2.37. The number of carboxylic acid groups (broad SMARTS) is 1. The van der Waals surface area contributed by atoms with E-state index < -0.39 is 30.1 Å². The number of halogens is 1. The number of imidazole rings is 2. The summed E-state index contributed by atoms with van der Waals surface area (Å²) < 4.78 is 38.0. The maximum atomic E-state index is 16.0. The van der Waals surface area contributed by atoms with E-state index in [1.807, 2.05) is 18.2 Å². The summed E-state index contributed by atoms with van der Waals surface area (Å²) in [6.45, 7) is 3.05. The number of benzene rings is 2. The lowest BCUT2D eigenvalue weighted by Crippen LogP contribution is -2.53. The molecule has 4 aliphatic rings. The van der Waals surface area contributed by atoms with E-state index in [-0.39, 0.29) is 41.3 Å². The van der Waals surface area contributed by atoms with Gasteiger partial charge in [-0.1, -0.05) is 6.07 Å². The van der Waals surface area contributed by atoms with Crippen molar-refractivity contribution in [2.75, 3.05) is 53.7 Å². The van der Waals surface area contributed by atoms with Gasteiger partial charge in [0.15, 0.2) is 0 Å². The molecule has 4 saturated heterocycles. The van der Waals surface area contributed by atoms with Gasteiger partial charge in [-0.3, -0.25) is 14.5 Å². The van der Waals surface area contributed by atoms with E-state index in [9.17, 15) is 24.3 Å². The lowest BCUT2D eigenvalue weighted by atomic mass is 9.89. The summed E-state index contributed by atoms with van der Waals surface area (Å²) in [6.07, 6.45) is 7.02. The highest BCUT2D eigenvalue weighted by Crippen LogP contribution is 2.38. The third-order valence-electron chi connectivity index (χ3n) is 13.4. The number of likely N-dealkylation sites (tertiary alicyclic amines) is 2. The Labute approximate surface area is 368 Å². The number of likely N-dealkylation sites (N-methyl/N-ethyl adjacent to an activating group) is 1. The SMILES string of the molecule is COC(=O)NC(C(=O)N1CCCC1c1ncc(-c2ccc3oc(-c4ccc(-c5cnc([C@@H]6CCCN6C(=O)[C@H](C6CCOCC6)N(C)C(=O)O)[nH]5)cc4F)cc3c2)[nH]1)C1CCOCC1. The van der Waals surface area contributed by atoms with Crippen LogP contribution in [0.25, 0.3) is 44.8 Å². The Morgan fingerprint density at radius 2 is 1.39 bits per heavy atom. The molecular formula is C46H53FN8O9. The van der Waals surface area contributed by atoms with Gasteiger partial charge < -0.3 is 48.8 Å². The fourth-order valence-corrected chi connectivity index (χ4v) is 9.96. The minimum atomic E-state index is -1.15. The molecule has 7 heterocycles. The molecule has 3 aromatic heterocycles. The van der Waals surface area contributed by atoms with Crippen molar-refractivity contribution >= 4 is 35.0 Å². The number of aromatic amines is 2. The standard InChI is InChI=1S/C46H53FN8O9/c1-53(46(59)60)40(27-13-19-63-20-14-27)44(57)55-16-4-6-36(55)42-49-25-34(51-42)29-7-9-31(32(47)22-29)38-23-30-21-28(8-10-37(30)64-38)33-24-48-41(50-33)35-5-3-15-54(35)43(56)39(52-45(58)61-2)26-11-17-62-18-12-26/h7-10,21-27,35-36,39-40H,3-6,11-20H2,1-2H3,(H,48,50)(H,49,51)(H,52,58)(H,59,60)/t35?,36-,39?,40-/m0/s1. The van der Waals surface area contributed by atoms with Crippen molar-refractivity contribution in [3.8, 4) is 33.8 Å². The number of hydrogen-bond donors (Lipinski definition) is 4. The van der Waals surface area contributed by atoms with Crippen LogP contribution in [0.2, 0.25) is 0 Å². The molecule has 2 unspecified atom stereocenters. The number of carbonyl (C=O) groups excluding carboxylic acids is 3. The number of rotatable bonds is 11. The van der Waals surface area contributed by atoms with Crippen LogP contribution in [0.4, 0.5) is 14.0 Å². The molecule has 2 aromatic carbocycles. The first-order valence-electron chi connectivity index (χ1n) is 22.1. The average Bonchev–Trinajstić information content (AvgIpc) is 4.18. The molecule has 4 aliphatic heterocycles. The van der Waals surface area contributed by atoms with Gasteiger partial charge in [-0.25, -0.2) is 23.9 Å². The monoisotopic (exact) mass is 880 g/mol. The number of ether oxygens (including phenoxy) is 3. The van der Waals surface area contributed by atoms with Gasteiger partial charge in [0.1, 0.15) is 40.9 Å². The van der Waals surface area contributed by atoms with E-state index in [2.05, 4.69) is 20.3 Å². The first-order valence-corrected chi connectivity index (χ1v) is 22.1. The Hall–Kier alpha value is -6.27. The van der Waals surface area contributed by atoms with Crippen molar-refractivity contribution in [3.63, 3.8) is 0 Å². The maximum Gasteiger partial charge on any atom is 0.407 e. The Morgan fingerprint density at radius 1 is 0.812 bits per heavy atom. The summed E-state index contributed by atoms with van der Waals surface area (Å²) in [5.41, 5.74) is 3.59. The maximum absolute atomic E-state index is 16.0. The number of H-pyrrole nitrogens is 2. The third-order valence-corrected chi connectivity index (χ3v) is 13.4. The van der Waals surface area contributed by atoms with E-state index in [1.165, 1.54) is 20.2 Å². The largest absolute Gasteiger partial charge is 0.465 e. The van der Waals surface area contributed by atoms with Crippen LogP contribution >= 0.6 is 0 Å². The molecule has 0 spiro atoms. The third kappa shape index (κ3) is 8.55. The van der Waals surface area contributed by atoms with Crippen LogP contribution in [-0.2, 0) is 23.8 Å². The van der Waals surface area contributed by atoms with Crippen molar-refractivity contribution < 1.29 is 47.3 Å².